The van der Waals surface area contributed by atoms with E-state index in [4.69, 9.17) is 5.11 Å². The van der Waals surface area contributed by atoms with Crippen molar-refractivity contribution in [2.75, 3.05) is 25.0 Å². The zero-order valence-corrected chi connectivity index (χ0v) is 12.8. The van der Waals surface area contributed by atoms with Crippen molar-refractivity contribution in [3.8, 4) is 0 Å². The van der Waals surface area contributed by atoms with Gasteiger partial charge in [-0.05, 0) is 43.0 Å². The van der Waals surface area contributed by atoms with Crippen molar-refractivity contribution in [1.82, 2.24) is 4.90 Å². The summed E-state index contributed by atoms with van der Waals surface area (Å²) in [6.45, 7) is 7.30. The highest BCUT2D eigenvalue weighted by Crippen LogP contribution is 2.16. The molecule has 0 fully saturated rings. The SMILES string of the molecule is CCCCN(CCO)C(=O)Nc1ccc(C)c(CC)c1. The minimum atomic E-state index is -0.140. The van der Waals surface area contributed by atoms with Gasteiger partial charge in [-0.1, -0.05) is 26.3 Å². The molecule has 20 heavy (non-hydrogen) atoms. The molecular formula is C16H26N2O2. The number of hydrogen-bond donors (Lipinski definition) is 2. The number of rotatable bonds is 7. The van der Waals surface area contributed by atoms with Crippen LogP contribution in [0.25, 0.3) is 0 Å². The third-order valence-electron chi connectivity index (χ3n) is 3.42. The Kier molecular flexibility index (Phi) is 7.09. The molecule has 0 atom stereocenters. The lowest BCUT2D eigenvalue weighted by atomic mass is 10.1. The quantitative estimate of drug-likeness (QED) is 0.805. The summed E-state index contributed by atoms with van der Waals surface area (Å²) in [6, 6.07) is 5.82. The molecule has 0 aromatic heterocycles. The van der Waals surface area contributed by atoms with Crippen molar-refractivity contribution in [2.24, 2.45) is 0 Å². The lowest BCUT2D eigenvalue weighted by Gasteiger charge is -2.22. The van der Waals surface area contributed by atoms with Gasteiger partial charge in [0.2, 0.25) is 0 Å². The molecular weight excluding hydrogens is 252 g/mol. The van der Waals surface area contributed by atoms with Gasteiger partial charge < -0.3 is 15.3 Å². The number of amides is 2. The Morgan fingerprint density at radius 1 is 1.30 bits per heavy atom. The van der Waals surface area contributed by atoms with Crippen LogP contribution < -0.4 is 5.32 Å². The molecule has 0 aliphatic heterocycles. The van der Waals surface area contributed by atoms with Gasteiger partial charge >= 0.3 is 6.03 Å². The van der Waals surface area contributed by atoms with Crippen LogP contribution in [0.2, 0.25) is 0 Å². The molecule has 0 bridgehead atoms. The Morgan fingerprint density at radius 2 is 2.05 bits per heavy atom. The van der Waals surface area contributed by atoms with Crippen LogP contribution in [0, 0.1) is 6.92 Å². The number of unbranched alkanes of at least 4 members (excludes halogenated alkanes) is 1. The molecule has 0 aliphatic carbocycles. The number of hydrogen-bond acceptors (Lipinski definition) is 2. The molecule has 4 nitrogen and oxygen atoms in total. The Morgan fingerprint density at radius 3 is 2.65 bits per heavy atom. The van der Waals surface area contributed by atoms with E-state index in [0.717, 1.165) is 24.9 Å². The molecule has 0 radical (unpaired) electrons. The van der Waals surface area contributed by atoms with Gasteiger partial charge in [-0.25, -0.2) is 4.79 Å². The van der Waals surface area contributed by atoms with Crippen molar-refractivity contribution in [3.05, 3.63) is 29.3 Å². The third kappa shape index (κ3) is 4.85. The molecule has 2 N–H and O–H groups in total. The van der Waals surface area contributed by atoms with Gasteiger partial charge in [-0.3, -0.25) is 0 Å². The van der Waals surface area contributed by atoms with Crippen LogP contribution in [0.5, 0.6) is 0 Å². The summed E-state index contributed by atoms with van der Waals surface area (Å²) >= 11 is 0. The second-order valence-electron chi connectivity index (χ2n) is 4.99. The fourth-order valence-electron chi connectivity index (χ4n) is 2.12. The minimum absolute atomic E-state index is 0.00869. The number of aliphatic hydroxyl groups excluding tert-OH is 1. The molecule has 0 spiro atoms. The Balaban J connectivity index is 2.71. The summed E-state index contributed by atoms with van der Waals surface area (Å²) in [5.74, 6) is 0. The highest BCUT2D eigenvalue weighted by Gasteiger charge is 2.12. The molecule has 0 saturated carbocycles. The van der Waals surface area contributed by atoms with Gasteiger partial charge in [-0.2, -0.15) is 0 Å². The van der Waals surface area contributed by atoms with Crippen LogP contribution in [0.3, 0.4) is 0 Å². The van der Waals surface area contributed by atoms with E-state index in [1.54, 1.807) is 4.90 Å². The van der Waals surface area contributed by atoms with Gasteiger partial charge in [0.25, 0.3) is 0 Å². The summed E-state index contributed by atoms with van der Waals surface area (Å²) in [4.78, 5) is 13.9. The summed E-state index contributed by atoms with van der Waals surface area (Å²) in [7, 11) is 0. The molecule has 0 aliphatic rings. The summed E-state index contributed by atoms with van der Waals surface area (Å²) < 4.78 is 0. The predicted octanol–water partition coefficient (Wildman–Crippen LogP) is 3.18. The van der Waals surface area contributed by atoms with Crippen molar-refractivity contribution in [1.29, 1.82) is 0 Å². The molecule has 112 valence electrons. The van der Waals surface area contributed by atoms with Crippen molar-refractivity contribution >= 4 is 11.7 Å². The third-order valence-corrected chi connectivity index (χ3v) is 3.42. The van der Waals surface area contributed by atoms with E-state index in [9.17, 15) is 4.79 Å². The smallest absolute Gasteiger partial charge is 0.321 e. The van der Waals surface area contributed by atoms with Gasteiger partial charge in [0, 0.05) is 18.8 Å². The standard InChI is InChI=1S/C16H26N2O2/c1-4-6-9-18(10-11-19)16(20)17-15-8-7-13(3)14(5-2)12-15/h7-8,12,19H,4-6,9-11H2,1-3H3,(H,17,20). The van der Waals surface area contributed by atoms with Gasteiger partial charge in [0.15, 0.2) is 0 Å². The molecule has 2 amide bonds. The van der Waals surface area contributed by atoms with Crippen LogP contribution in [0.15, 0.2) is 18.2 Å². The lowest BCUT2D eigenvalue weighted by Crippen LogP contribution is -2.37. The summed E-state index contributed by atoms with van der Waals surface area (Å²) in [5, 5.41) is 12.0. The first-order valence-corrected chi connectivity index (χ1v) is 7.38. The predicted molar refractivity (Wildman–Crippen MR) is 83.1 cm³/mol. The molecule has 1 aromatic carbocycles. The van der Waals surface area contributed by atoms with E-state index in [0.29, 0.717) is 13.1 Å². The van der Waals surface area contributed by atoms with Crippen LogP contribution in [0.1, 0.15) is 37.8 Å². The number of benzene rings is 1. The molecule has 0 heterocycles. The van der Waals surface area contributed by atoms with Gasteiger partial charge in [-0.15, -0.1) is 0 Å². The largest absolute Gasteiger partial charge is 0.395 e. The zero-order valence-electron chi connectivity index (χ0n) is 12.8. The van der Waals surface area contributed by atoms with Gasteiger partial charge in [0.1, 0.15) is 0 Å². The average molecular weight is 278 g/mol. The van der Waals surface area contributed by atoms with Gasteiger partial charge in [0.05, 0.1) is 6.61 Å². The van der Waals surface area contributed by atoms with Crippen molar-refractivity contribution in [2.45, 2.75) is 40.0 Å². The first-order valence-electron chi connectivity index (χ1n) is 7.38. The summed E-state index contributed by atoms with van der Waals surface area (Å²) in [6.07, 6.45) is 2.92. The van der Waals surface area contributed by atoms with E-state index < -0.39 is 0 Å². The van der Waals surface area contributed by atoms with Crippen LogP contribution in [-0.4, -0.2) is 35.7 Å². The van der Waals surface area contributed by atoms with E-state index in [1.165, 1.54) is 11.1 Å². The number of anilines is 1. The van der Waals surface area contributed by atoms with E-state index >= 15 is 0 Å². The number of nitrogens with zero attached hydrogens (tertiary/aromatic N) is 1. The maximum atomic E-state index is 12.2. The Hall–Kier alpha value is -1.55. The Labute approximate surface area is 121 Å². The normalized spacial score (nSPS) is 10.4. The molecule has 4 heteroatoms. The number of nitrogens with one attached hydrogen (secondary N) is 1. The molecule has 0 saturated heterocycles. The highest BCUT2D eigenvalue weighted by atomic mass is 16.3. The van der Waals surface area contributed by atoms with E-state index in [2.05, 4.69) is 26.1 Å². The number of aryl methyl sites for hydroxylation is 2. The van der Waals surface area contributed by atoms with Crippen LogP contribution >= 0.6 is 0 Å². The number of aliphatic hydroxyl groups is 1. The fourth-order valence-corrected chi connectivity index (χ4v) is 2.12. The number of carbonyl (C=O) groups is 1. The first-order chi connectivity index (χ1) is 9.62. The second kappa shape index (κ2) is 8.59. The fraction of sp³-hybridized carbons (Fsp3) is 0.562. The van der Waals surface area contributed by atoms with Crippen molar-refractivity contribution in [3.63, 3.8) is 0 Å². The van der Waals surface area contributed by atoms with Crippen LogP contribution in [0.4, 0.5) is 10.5 Å². The van der Waals surface area contributed by atoms with Crippen LogP contribution in [-0.2, 0) is 6.42 Å². The average Bonchev–Trinajstić information content (AvgIpc) is 2.45. The van der Waals surface area contributed by atoms with E-state index in [1.807, 2.05) is 18.2 Å². The van der Waals surface area contributed by atoms with E-state index in [-0.39, 0.29) is 12.6 Å². The maximum Gasteiger partial charge on any atom is 0.321 e. The maximum absolute atomic E-state index is 12.2. The molecule has 0 unspecified atom stereocenters. The van der Waals surface area contributed by atoms with Crippen molar-refractivity contribution < 1.29 is 9.90 Å². The lowest BCUT2D eigenvalue weighted by molar-refractivity contribution is 0.187. The topological polar surface area (TPSA) is 52.6 Å². The molecule has 1 rings (SSSR count). The monoisotopic (exact) mass is 278 g/mol. The second-order valence-corrected chi connectivity index (χ2v) is 4.99. The first kappa shape index (κ1) is 16.5. The summed E-state index contributed by atoms with van der Waals surface area (Å²) in [5.41, 5.74) is 3.30. The highest BCUT2D eigenvalue weighted by molar-refractivity contribution is 5.89. The molecule has 1 aromatic rings. The Bertz CT molecular complexity index is 432. The zero-order chi connectivity index (χ0) is 15.0. The number of urea groups is 1. The minimum Gasteiger partial charge on any atom is -0.395 e. The number of carbonyl (C=O) groups excluding carboxylic acids is 1.